The highest BCUT2D eigenvalue weighted by Crippen LogP contribution is 2.33. The topological polar surface area (TPSA) is 430 Å². The number of carboxylic acids is 1. The number of carbonyl (C=O) groups excluding carboxylic acids is 11. The molecule has 8 aliphatic heterocycles. The van der Waals surface area contributed by atoms with Gasteiger partial charge in [0.1, 0.15) is 11.2 Å². The summed E-state index contributed by atoms with van der Waals surface area (Å²) in [5.41, 5.74) is 15.8. The van der Waals surface area contributed by atoms with Crippen LogP contribution in [-0.4, -0.2) is 248 Å². The molecule has 5 saturated heterocycles. The van der Waals surface area contributed by atoms with Crippen molar-refractivity contribution in [3.8, 4) is 0 Å². The number of nitrogens with one attached hydrogen (secondary N) is 5. The van der Waals surface area contributed by atoms with Crippen molar-refractivity contribution in [2.24, 2.45) is 35.3 Å². The van der Waals surface area contributed by atoms with Gasteiger partial charge in [0.2, 0.25) is 24.4 Å². The first-order valence-electron chi connectivity index (χ1n) is 48.8. The minimum absolute atomic E-state index is 0.248. The lowest BCUT2D eigenvalue weighted by Gasteiger charge is -2.33. The average Bonchev–Trinajstić information content (AvgIpc) is 1.64. The molecule has 0 radical (unpaired) electrons. The summed E-state index contributed by atoms with van der Waals surface area (Å²) in [5.74, 6) is -5.60. The van der Waals surface area contributed by atoms with Crippen LogP contribution in [0.4, 0.5) is 32.3 Å². The number of aliphatic hydroxyl groups excluding tert-OH is 2. The first kappa shape index (κ1) is 115. The Morgan fingerprint density at radius 2 is 0.653 bits per heavy atom. The number of hydrogen-bond donors (Lipinski definition) is 9. The predicted octanol–water partition coefficient (Wildman–Crippen LogP) is 13.6. The number of piperidine rings is 5. The van der Waals surface area contributed by atoms with E-state index in [1.54, 1.807) is 56.7 Å². The Labute approximate surface area is 877 Å². The van der Waals surface area contributed by atoms with Crippen molar-refractivity contribution in [2.75, 3.05) is 118 Å². The van der Waals surface area contributed by atoms with Gasteiger partial charge in [0.15, 0.2) is 12.2 Å². The summed E-state index contributed by atoms with van der Waals surface area (Å²) >= 11 is 10.9. The third kappa shape index (κ3) is 38.2. The molecule has 0 unspecified atom stereocenters. The number of rotatable bonds is 26. The standard InChI is InChI=1S/C26H31N3O6S.C22H27N3O4S.C16H17NO7.C15H24N2O2S.C11H22N2O2.C10H16N2S.C4H3IS/c1-17(30)34-23(25(32)27-13-19-7-10-28(11-8-19)22-9-12-36-16-22)24(35-18(2)31)26(33)29-14-20-5-3-4-6-21(20)15-29;26-19(20(27)22(29)25-12-16-3-1-2-4-17(16)13-25)21(28)23-11-15-5-8-24(9-6-15)18-7-10-30-14-18;1-9(18)23-13(14(16(21)22)24-10(2)19)15(20)17-7-11-5-3-4-6-12(11)8-17;1-15(2,3)19-14(18)16-10-12-4-7-17(8-5-12)13-6-9-20-11-13;1-11(2,3)15-10(14)13-8-9-4-6-12-7-5-9;11-7-9-1-4-12(5-2-9)10-3-6-13-8-10;5-4-1-2-6-3-4/h3-6,9,12,16,19,23-24H,7-8,10-11,13-15H2,1-2H3,(H,27,32);1-4,7,10,14-15,19-20,26-27H,5-6,8-9,11-13H2,(H,23,28);3-6,13-14H,7-8H2,1-2H3,(H,21,22);6,9,11-12H,4-5,7-8,10H2,1-3H3,(H,16,18);9,12H,4-8H2,1-3H3,(H,13,14);3,6,8-9H,1-2,4-5,7,11H2;1-3H/t23-,24-;19-,20-;13-,14-;;;;/m111..../s1. The van der Waals surface area contributed by atoms with Gasteiger partial charge >= 0.3 is 42.0 Å². The maximum absolute atomic E-state index is 13.4. The number of thiophene rings is 5. The Morgan fingerprint density at radius 3 is 0.931 bits per heavy atom. The zero-order chi connectivity index (χ0) is 104. The van der Waals surface area contributed by atoms with Crippen molar-refractivity contribution in [1.29, 1.82) is 0 Å². The third-order valence-corrected chi connectivity index (χ3v) is 29.7. The Hall–Kier alpha value is -10.8. The molecule has 784 valence electrons. The molecular formula is C104H140IN13O21S5. The maximum atomic E-state index is 13.4. The maximum Gasteiger partial charge on any atom is 0.407 e. The first-order chi connectivity index (χ1) is 68.8. The van der Waals surface area contributed by atoms with Crippen LogP contribution in [0.3, 0.4) is 0 Å². The molecule has 0 bridgehead atoms. The number of aliphatic hydroxyl groups is 2. The van der Waals surface area contributed by atoms with Crippen molar-refractivity contribution < 1.29 is 101 Å². The minimum Gasteiger partial charge on any atom is -0.478 e. The number of fused-ring (bicyclic) bond motifs is 3. The fraction of sp³-hybridized carbons (Fsp3) is 0.519. The SMILES string of the molecule is CC(=O)O[C@@H](C(=O)NCC1CCN(c2ccsc2)CC1)[C@@H](OC(C)=O)C(=O)N1Cc2ccccc2C1.CC(=O)O[C@@H](C(=O)O)[C@@H](OC(C)=O)C(=O)N1Cc2ccccc2C1.CC(C)(C)OC(=O)NCC1CCN(c2ccsc2)CC1.CC(C)(C)OC(=O)NCC1CCNCC1.Ic1ccsc1.NCC1CCN(c2ccsc2)CC1.O=C(NCC1CCN(c2ccsc2)CC1)[C@H](O)[C@@H](O)C(=O)N1Cc2ccccc2C1. The number of esters is 4. The number of amides is 7. The number of nitrogens with two attached hydrogens (primary N) is 1. The van der Waals surface area contributed by atoms with Crippen LogP contribution < -0.4 is 51.9 Å². The number of carbonyl (C=O) groups is 12. The van der Waals surface area contributed by atoms with Gasteiger partial charge in [0, 0.05) is 199 Å². The second kappa shape index (κ2) is 57.9. The molecule has 0 spiro atoms. The van der Waals surface area contributed by atoms with Crippen LogP contribution >= 0.6 is 79.3 Å². The van der Waals surface area contributed by atoms with E-state index >= 15 is 0 Å². The highest BCUT2D eigenvalue weighted by molar-refractivity contribution is 14.1. The third-order valence-electron chi connectivity index (χ3n) is 25.2. The van der Waals surface area contributed by atoms with Gasteiger partial charge in [-0.1, -0.05) is 72.8 Å². The number of benzene rings is 3. The second-order valence-electron chi connectivity index (χ2n) is 38.5. The number of alkyl carbamates (subject to hydrolysis) is 2. The average molecular weight is 2200 g/mol. The monoisotopic (exact) mass is 2190 g/mol. The number of ether oxygens (including phenoxy) is 6. The molecule has 8 aliphatic rings. The van der Waals surface area contributed by atoms with Gasteiger partial charge in [0.25, 0.3) is 29.5 Å². The lowest BCUT2D eigenvalue weighted by Crippen LogP contribution is -2.54. The minimum atomic E-state index is -1.90. The Morgan fingerprint density at radius 1 is 0.375 bits per heavy atom. The second-order valence-corrected chi connectivity index (χ2v) is 43.7. The molecule has 144 heavy (non-hydrogen) atoms. The Kier molecular flexibility index (Phi) is 46.3. The van der Waals surface area contributed by atoms with Crippen molar-refractivity contribution in [3.63, 3.8) is 0 Å². The van der Waals surface area contributed by atoms with E-state index < -0.39 is 107 Å². The van der Waals surface area contributed by atoms with Crippen LogP contribution in [0.25, 0.3) is 0 Å². The van der Waals surface area contributed by atoms with Gasteiger partial charge in [-0.2, -0.15) is 56.7 Å². The molecule has 3 aromatic carbocycles. The van der Waals surface area contributed by atoms with E-state index in [1.807, 2.05) is 114 Å². The summed E-state index contributed by atoms with van der Waals surface area (Å²) in [4.78, 5) is 158. The van der Waals surface area contributed by atoms with E-state index in [0.717, 1.165) is 184 Å². The summed E-state index contributed by atoms with van der Waals surface area (Å²) in [7, 11) is 0. The van der Waals surface area contributed by atoms with E-state index in [2.05, 4.69) is 158 Å². The van der Waals surface area contributed by atoms with Crippen molar-refractivity contribution in [3.05, 3.63) is 194 Å². The molecule has 8 aromatic rings. The number of anilines is 4. The zero-order valence-corrected chi connectivity index (χ0v) is 89.9. The molecule has 6 atom stereocenters. The molecule has 0 aliphatic carbocycles. The number of hydrogen-bond acceptors (Lipinski definition) is 31. The fourth-order valence-electron chi connectivity index (χ4n) is 17.5. The van der Waals surface area contributed by atoms with Gasteiger partial charge < -0.3 is 110 Å². The zero-order valence-electron chi connectivity index (χ0n) is 83.7. The summed E-state index contributed by atoms with van der Waals surface area (Å²) in [5, 5.41) is 65.5. The molecule has 5 fully saturated rings. The van der Waals surface area contributed by atoms with Gasteiger partial charge in [-0.05, 0) is 268 Å². The summed E-state index contributed by atoms with van der Waals surface area (Å²) < 4.78 is 31.8. The molecule has 16 rings (SSSR count). The van der Waals surface area contributed by atoms with E-state index in [-0.39, 0.29) is 31.2 Å². The quantitative estimate of drug-likeness (QED) is 0.0138. The van der Waals surface area contributed by atoms with Crippen molar-refractivity contribution in [2.45, 2.75) is 221 Å². The van der Waals surface area contributed by atoms with E-state index in [9.17, 15) is 72.9 Å². The molecule has 5 aromatic heterocycles. The van der Waals surface area contributed by atoms with Crippen LogP contribution in [0.15, 0.2) is 157 Å². The molecule has 34 nitrogen and oxygen atoms in total. The number of nitrogens with zero attached hydrogens (tertiary/aromatic N) is 7. The Bertz CT molecular complexity index is 5270. The van der Waals surface area contributed by atoms with Gasteiger partial charge in [0.05, 0.1) is 0 Å². The highest BCUT2D eigenvalue weighted by Gasteiger charge is 2.46. The van der Waals surface area contributed by atoms with Gasteiger partial charge in [-0.3, -0.25) is 43.2 Å². The van der Waals surface area contributed by atoms with Crippen LogP contribution in [0, 0.1) is 33.2 Å². The number of halogens is 1. The van der Waals surface area contributed by atoms with Crippen LogP contribution in [0.1, 0.15) is 167 Å². The van der Waals surface area contributed by atoms with Crippen LogP contribution in [0.5, 0.6) is 0 Å². The van der Waals surface area contributed by atoms with Crippen LogP contribution in [0.2, 0.25) is 0 Å². The number of carboxylic acid groups (broad SMARTS) is 1. The van der Waals surface area contributed by atoms with Gasteiger partial charge in [-0.15, -0.1) is 0 Å². The van der Waals surface area contributed by atoms with Gasteiger partial charge in [-0.25, -0.2) is 14.4 Å². The van der Waals surface area contributed by atoms with E-state index in [4.69, 9.17) is 29.4 Å². The first-order valence-corrected chi connectivity index (χ1v) is 54.6. The Balaban J connectivity index is 0.000000180. The summed E-state index contributed by atoms with van der Waals surface area (Å²) in [6.07, 6.45) is -0.235. The summed E-state index contributed by atoms with van der Waals surface area (Å²) in [6, 6.07) is 33.3. The summed E-state index contributed by atoms with van der Waals surface area (Å²) in [6.45, 7) is 30.9. The van der Waals surface area contributed by atoms with E-state index in [1.165, 1.54) is 67.0 Å². The largest absolute Gasteiger partial charge is 0.478 e. The molecular weight excluding hydrogens is 2050 g/mol. The lowest BCUT2D eigenvalue weighted by atomic mass is 9.96. The van der Waals surface area contributed by atoms with Crippen molar-refractivity contribution in [1.82, 2.24) is 41.3 Å². The lowest BCUT2D eigenvalue weighted by molar-refractivity contribution is -0.183. The molecule has 7 amide bonds. The van der Waals surface area contributed by atoms with E-state index in [0.29, 0.717) is 63.6 Å². The molecule has 13 heterocycles. The highest BCUT2D eigenvalue weighted by atomic mass is 127. The van der Waals surface area contributed by atoms with Crippen LogP contribution in [-0.2, 0) is 116 Å². The smallest absolute Gasteiger partial charge is 0.407 e. The molecule has 0 saturated carbocycles. The predicted molar refractivity (Wildman–Crippen MR) is 567 cm³/mol. The fourth-order valence-corrected chi connectivity index (χ4v) is 21.5. The molecule has 40 heteroatoms. The normalized spacial score (nSPS) is 17.1. The number of aliphatic carboxylic acids is 1. The van der Waals surface area contributed by atoms with Crippen molar-refractivity contribution >= 4 is 174 Å². The molecule has 10 N–H and O–H groups in total.